The molecule has 1 aliphatic heterocycles. The number of fused-ring (bicyclic) bond motifs is 1. The smallest absolute Gasteiger partial charge is 0.316 e. The van der Waals surface area contributed by atoms with E-state index in [1.54, 1.807) is 5.01 Å². The van der Waals surface area contributed by atoms with Crippen LogP contribution >= 0.6 is 0 Å². The predicted octanol–water partition coefficient (Wildman–Crippen LogP) is 4.15. The molecule has 0 amide bonds. The minimum Gasteiger partial charge on any atom is -0.316 e. The Bertz CT molecular complexity index is 933. The van der Waals surface area contributed by atoms with Crippen molar-refractivity contribution in [2.24, 2.45) is 0 Å². The number of ketones is 2. The van der Waals surface area contributed by atoms with E-state index < -0.39 is 35.0 Å². The molecule has 1 aromatic carbocycles. The molecule has 2 heterocycles. The highest BCUT2D eigenvalue weighted by atomic mass is 19.4. The van der Waals surface area contributed by atoms with E-state index in [0.29, 0.717) is 19.2 Å². The number of nitrogens with one attached hydrogen (secondary N) is 1. The summed E-state index contributed by atoms with van der Waals surface area (Å²) < 4.78 is 78.1. The average molecular weight is 405 g/mol. The number of anilines is 1. The lowest BCUT2D eigenvalue weighted by Crippen LogP contribution is -2.31. The quantitative estimate of drug-likeness (QED) is 0.612. The van der Waals surface area contributed by atoms with Crippen LogP contribution < -0.4 is 5.43 Å². The molecule has 28 heavy (non-hydrogen) atoms. The minimum atomic E-state index is -5.34. The second-order valence-corrected chi connectivity index (χ2v) is 6.21. The number of hydrogen-bond donors (Lipinski definition) is 1. The third-order valence-corrected chi connectivity index (χ3v) is 4.27. The van der Waals surface area contributed by atoms with Crippen molar-refractivity contribution in [3.05, 3.63) is 35.5 Å². The lowest BCUT2D eigenvalue weighted by molar-refractivity contribution is -0.0886. The van der Waals surface area contributed by atoms with Gasteiger partial charge in [0.25, 0.3) is 11.6 Å². The van der Waals surface area contributed by atoms with E-state index in [0.717, 1.165) is 25.1 Å². The zero-order valence-corrected chi connectivity index (χ0v) is 14.1. The van der Waals surface area contributed by atoms with Gasteiger partial charge in [-0.05, 0) is 25.0 Å². The van der Waals surface area contributed by atoms with Crippen molar-refractivity contribution in [2.75, 3.05) is 18.5 Å². The van der Waals surface area contributed by atoms with E-state index in [2.05, 4.69) is 10.4 Å². The Balaban J connectivity index is 2.29. The summed E-state index contributed by atoms with van der Waals surface area (Å²) >= 11 is 0. The van der Waals surface area contributed by atoms with Crippen molar-refractivity contribution in [3.63, 3.8) is 0 Å². The summed E-state index contributed by atoms with van der Waals surface area (Å²) in [5.41, 5.74) is -0.176. The largest absolute Gasteiger partial charge is 0.454 e. The van der Waals surface area contributed by atoms with Gasteiger partial charge in [-0.1, -0.05) is 6.07 Å². The first kappa shape index (κ1) is 20.1. The molecule has 0 spiro atoms. The number of hydrazine groups is 1. The second kappa shape index (κ2) is 7.04. The first-order valence-corrected chi connectivity index (χ1v) is 8.16. The molecule has 0 bridgehead atoms. The van der Waals surface area contributed by atoms with Gasteiger partial charge in [0.2, 0.25) is 0 Å². The third-order valence-electron chi connectivity index (χ3n) is 4.27. The van der Waals surface area contributed by atoms with Gasteiger partial charge in [-0.15, -0.1) is 0 Å². The summed E-state index contributed by atoms with van der Waals surface area (Å²) in [6.07, 6.45) is -8.01. The lowest BCUT2D eigenvalue weighted by Gasteiger charge is -2.22. The van der Waals surface area contributed by atoms with Crippen molar-refractivity contribution in [3.8, 4) is 0 Å². The van der Waals surface area contributed by atoms with Crippen molar-refractivity contribution in [1.82, 2.24) is 9.99 Å². The molecule has 0 radical (unpaired) electrons. The molecule has 1 aliphatic rings. The van der Waals surface area contributed by atoms with Crippen LogP contribution in [0.4, 0.5) is 32.0 Å². The fourth-order valence-electron chi connectivity index (χ4n) is 3.02. The number of pyridine rings is 1. The Morgan fingerprint density at radius 3 is 2.11 bits per heavy atom. The Morgan fingerprint density at radius 1 is 0.964 bits per heavy atom. The molecule has 11 heteroatoms. The highest BCUT2D eigenvalue weighted by Gasteiger charge is 2.44. The Morgan fingerprint density at radius 2 is 1.54 bits per heavy atom. The van der Waals surface area contributed by atoms with Crippen LogP contribution in [-0.4, -0.2) is 47.0 Å². The average Bonchev–Trinajstić information content (AvgIpc) is 3.12. The standard InChI is InChI=1S/C17H13F6N3O2/c18-16(19,20)14(27)10-8-11(15(28)17(21,22)23)13(25-26-6-1-2-7-26)12-9(10)4-3-5-24-12/h3-5,8,25H,1-2,6-7H2. The Kier molecular flexibility index (Phi) is 5.04. The van der Waals surface area contributed by atoms with Gasteiger partial charge in [0.05, 0.1) is 16.8 Å². The van der Waals surface area contributed by atoms with Crippen LogP contribution in [-0.2, 0) is 0 Å². The molecular weight excluding hydrogens is 392 g/mol. The van der Waals surface area contributed by atoms with Crippen molar-refractivity contribution in [1.29, 1.82) is 0 Å². The molecule has 1 saturated heterocycles. The molecule has 0 unspecified atom stereocenters. The number of carbonyl (C=O) groups is 2. The highest BCUT2D eigenvalue weighted by Crippen LogP contribution is 2.36. The van der Waals surface area contributed by atoms with Crippen LogP contribution in [0.3, 0.4) is 0 Å². The Hall–Kier alpha value is -2.69. The number of aromatic nitrogens is 1. The molecule has 0 saturated carbocycles. The van der Waals surface area contributed by atoms with E-state index >= 15 is 0 Å². The van der Waals surface area contributed by atoms with Gasteiger partial charge < -0.3 is 5.43 Å². The summed E-state index contributed by atoms with van der Waals surface area (Å²) in [7, 11) is 0. The van der Waals surface area contributed by atoms with Crippen LogP contribution in [0.25, 0.3) is 10.9 Å². The number of halogens is 6. The van der Waals surface area contributed by atoms with Gasteiger partial charge in [0.15, 0.2) is 0 Å². The van der Waals surface area contributed by atoms with Crippen LogP contribution in [0.1, 0.15) is 33.6 Å². The summed E-state index contributed by atoms with van der Waals surface area (Å²) in [4.78, 5) is 27.6. The normalized spacial score (nSPS) is 15.8. The first-order valence-electron chi connectivity index (χ1n) is 8.16. The molecule has 1 fully saturated rings. The molecule has 1 aromatic heterocycles. The number of benzene rings is 1. The van der Waals surface area contributed by atoms with E-state index in [9.17, 15) is 35.9 Å². The van der Waals surface area contributed by atoms with Gasteiger partial charge in [-0.2, -0.15) is 26.3 Å². The van der Waals surface area contributed by atoms with E-state index in [1.165, 1.54) is 6.07 Å². The number of Topliss-reactive ketones (excluding diaryl/α,β-unsaturated/α-hetero) is 2. The fraction of sp³-hybridized carbons (Fsp3) is 0.353. The molecule has 1 N–H and O–H groups in total. The summed E-state index contributed by atoms with van der Waals surface area (Å²) in [5.74, 6) is -4.72. The minimum absolute atomic E-state index is 0.301. The van der Waals surface area contributed by atoms with Gasteiger partial charge in [-0.25, -0.2) is 5.01 Å². The number of alkyl halides is 6. The van der Waals surface area contributed by atoms with Gasteiger partial charge >= 0.3 is 12.4 Å². The van der Waals surface area contributed by atoms with Gasteiger partial charge in [0, 0.05) is 30.2 Å². The van der Waals surface area contributed by atoms with Gasteiger partial charge in [-0.3, -0.25) is 14.6 Å². The number of hydrogen-bond acceptors (Lipinski definition) is 5. The van der Waals surface area contributed by atoms with E-state index in [-0.39, 0.29) is 16.6 Å². The molecule has 2 aromatic rings. The fourth-order valence-corrected chi connectivity index (χ4v) is 3.02. The molecule has 0 atom stereocenters. The number of carbonyl (C=O) groups excluding carboxylic acids is 2. The maximum absolute atomic E-state index is 13.1. The van der Waals surface area contributed by atoms with Crippen LogP contribution in [0.2, 0.25) is 0 Å². The lowest BCUT2D eigenvalue weighted by atomic mass is 9.96. The molecular formula is C17H13F6N3O2. The van der Waals surface area contributed by atoms with E-state index in [1.807, 2.05) is 0 Å². The first-order chi connectivity index (χ1) is 13.0. The SMILES string of the molecule is O=C(c1cc(C(=O)C(F)(F)F)c2cccnc2c1NN1CCCC1)C(F)(F)F. The molecule has 150 valence electrons. The molecule has 3 rings (SSSR count). The number of rotatable bonds is 4. The maximum Gasteiger partial charge on any atom is 0.454 e. The van der Waals surface area contributed by atoms with Crippen molar-refractivity contribution >= 4 is 28.2 Å². The van der Waals surface area contributed by atoms with Crippen molar-refractivity contribution in [2.45, 2.75) is 25.2 Å². The highest BCUT2D eigenvalue weighted by molar-refractivity contribution is 6.18. The topological polar surface area (TPSA) is 62.3 Å². The molecule has 5 nitrogen and oxygen atoms in total. The van der Waals surface area contributed by atoms with E-state index in [4.69, 9.17) is 0 Å². The van der Waals surface area contributed by atoms with Crippen LogP contribution in [0.15, 0.2) is 24.4 Å². The summed E-state index contributed by atoms with van der Waals surface area (Å²) in [6, 6.07) is 2.73. The van der Waals surface area contributed by atoms with Crippen molar-refractivity contribution < 1.29 is 35.9 Å². The summed E-state index contributed by atoms with van der Waals surface area (Å²) in [6.45, 7) is 0.939. The Labute approximate surface area is 154 Å². The zero-order chi connectivity index (χ0) is 20.7. The maximum atomic E-state index is 13.1. The van der Waals surface area contributed by atoms with Crippen LogP contribution in [0.5, 0.6) is 0 Å². The zero-order valence-electron chi connectivity index (χ0n) is 14.1. The van der Waals surface area contributed by atoms with Gasteiger partial charge in [0.1, 0.15) is 0 Å². The van der Waals surface area contributed by atoms with Crippen LogP contribution in [0, 0.1) is 0 Å². The third kappa shape index (κ3) is 3.79. The second-order valence-electron chi connectivity index (χ2n) is 6.21. The predicted molar refractivity (Wildman–Crippen MR) is 86.9 cm³/mol. The monoisotopic (exact) mass is 405 g/mol. The summed E-state index contributed by atoms with van der Waals surface area (Å²) in [5, 5.41) is 1.24. The molecule has 0 aliphatic carbocycles. The number of nitrogens with zero attached hydrogens (tertiary/aromatic N) is 2.